The van der Waals surface area contributed by atoms with Crippen LogP contribution in [0.2, 0.25) is 0 Å². The fourth-order valence-corrected chi connectivity index (χ4v) is 3.91. The fraction of sp³-hybridized carbons (Fsp3) is 0.333. The summed E-state index contributed by atoms with van der Waals surface area (Å²) in [7, 11) is 3.47. The van der Waals surface area contributed by atoms with Crippen LogP contribution in [0.3, 0.4) is 0 Å². The van der Waals surface area contributed by atoms with Crippen LogP contribution in [0, 0.1) is 5.82 Å². The molecule has 152 valence electrons. The number of nitrogens with zero attached hydrogens (tertiary/aromatic N) is 4. The van der Waals surface area contributed by atoms with Crippen LogP contribution in [0.4, 0.5) is 4.39 Å². The molecule has 29 heavy (non-hydrogen) atoms. The highest BCUT2D eigenvalue weighted by Crippen LogP contribution is 2.21. The van der Waals surface area contributed by atoms with E-state index in [4.69, 9.17) is 0 Å². The van der Waals surface area contributed by atoms with Crippen LogP contribution in [-0.2, 0) is 4.79 Å². The average molecular weight is 415 g/mol. The molecule has 0 radical (unpaired) electrons. The van der Waals surface area contributed by atoms with Crippen molar-refractivity contribution >= 4 is 33.5 Å². The standard InChI is InChI=1S/C21H23FN4O2S/c1-14(15-7-9-16(22)10-8-15)20(27)25(2)12-5-13-26(3)21(28)19-24-17-6-4-11-23-18(17)29-19/h4,6-11,14H,5,12-13H2,1-3H3. The summed E-state index contributed by atoms with van der Waals surface area (Å²) in [5.74, 6) is -0.863. The van der Waals surface area contributed by atoms with E-state index in [1.807, 2.05) is 13.0 Å². The van der Waals surface area contributed by atoms with Gasteiger partial charge in [-0.3, -0.25) is 9.59 Å². The minimum absolute atomic E-state index is 0.0390. The van der Waals surface area contributed by atoms with E-state index in [0.29, 0.717) is 24.5 Å². The van der Waals surface area contributed by atoms with E-state index in [0.717, 1.165) is 15.9 Å². The van der Waals surface area contributed by atoms with Crippen molar-refractivity contribution in [3.8, 4) is 0 Å². The van der Waals surface area contributed by atoms with Crippen LogP contribution in [0.15, 0.2) is 42.6 Å². The summed E-state index contributed by atoms with van der Waals surface area (Å²) in [5.41, 5.74) is 1.49. The smallest absolute Gasteiger partial charge is 0.282 e. The van der Waals surface area contributed by atoms with Gasteiger partial charge in [-0.2, -0.15) is 0 Å². The average Bonchev–Trinajstić information content (AvgIpc) is 3.16. The van der Waals surface area contributed by atoms with Crippen molar-refractivity contribution in [2.75, 3.05) is 27.2 Å². The van der Waals surface area contributed by atoms with Gasteiger partial charge in [0.15, 0.2) is 5.01 Å². The van der Waals surface area contributed by atoms with Gasteiger partial charge in [0.05, 0.1) is 5.92 Å². The van der Waals surface area contributed by atoms with Crippen LogP contribution in [0.1, 0.15) is 34.6 Å². The predicted octanol–water partition coefficient (Wildman–Crippen LogP) is 3.55. The van der Waals surface area contributed by atoms with Gasteiger partial charge in [-0.25, -0.2) is 14.4 Å². The Morgan fingerprint density at radius 1 is 1.10 bits per heavy atom. The molecule has 0 spiro atoms. The van der Waals surface area contributed by atoms with Crippen LogP contribution in [0.25, 0.3) is 10.3 Å². The Balaban J connectivity index is 1.50. The van der Waals surface area contributed by atoms with Gasteiger partial charge in [0, 0.05) is 33.4 Å². The molecular weight excluding hydrogens is 391 g/mol. The third kappa shape index (κ3) is 4.95. The van der Waals surface area contributed by atoms with Gasteiger partial charge in [0.1, 0.15) is 16.2 Å². The van der Waals surface area contributed by atoms with E-state index in [1.165, 1.54) is 23.5 Å². The van der Waals surface area contributed by atoms with Crippen LogP contribution >= 0.6 is 11.3 Å². The molecule has 3 rings (SSSR count). The second-order valence-electron chi connectivity index (χ2n) is 6.96. The molecule has 0 N–H and O–H groups in total. The first-order chi connectivity index (χ1) is 13.9. The third-order valence-electron chi connectivity index (χ3n) is 4.80. The molecule has 1 unspecified atom stereocenters. The lowest BCUT2D eigenvalue weighted by Gasteiger charge is -2.23. The van der Waals surface area contributed by atoms with Gasteiger partial charge < -0.3 is 9.80 Å². The Kier molecular flexibility index (Phi) is 6.53. The highest BCUT2D eigenvalue weighted by Gasteiger charge is 2.20. The van der Waals surface area contributed by atoms with Gasteiger partial charge in [-0.15, -0.1) is 0 Å². The lowest BCUT2D eigenvalue weighted by atomic mass is 10.00. The summed E-state index contributed by atoms with van der Waals surface area (Å²) in [6.45, 7) is 2.83. The minimum Gasteiger partial charge on any atom is -0.345 e. The number of amides is 2. The number of fused-ring (bicyclic) bond motifs is 1. The van der Waals surface area contributed by atoms with E-state index in [-0.39, 0.29) is 23.5 Å². The number of thiazole rings is 1. The van der Waals surface area contributed by atoms with Gasteiger partial charge in [0.2, 0.25) is 5.91 Å². The van der Waals surface area contributed by atoms with E-state index in [9.17, 15) is 14.0 Å². The second kappa shape index (κ2) is 9.09. The SMILES string of the molecule is CC(C(=O)N(C)CCCN(C)C(=O)c1nc2cccnc2s1)c1ccc(F)cc1. The molecule has 0 bridgehead atoms. The maximum absolute atomic E-state index is 13.1. The molecule has 0 aliphatic carbocycles. The molecule has 6 nitrogen and oxygen atoms in total. The number of rotatable bonds is 7. The van der Waals surface area contributed by atoms with Gasteiger partial charge in [-0.1, -0.05) is 23.5 Å². The molecule has 3 aromatic rings. The predicted molar refractivity (Wildman–Crippen MR) is 111 cm³/mol. The molecule has 2 aromatic heterocycles. The molecule has 1 atom stereocenters. The van der Waals surface area contributed by atoms with E-state index in [2.05, 4.69) is 9.97 Å². The molecule has 2 amide bonds. The quantitative estimate of drug-likeness (QED) is 0.593. The van der Waals surface area contributed by atoms with Crippen molar-refractivity contribution < 1.29 is 14.0 Å². The molecule has 8 heteroatoms. The van der Waals surface area contributed by atoms with Crippen LogP contribution in [0.5, 0.6) is 0 Å². The number of likely N-dealkylation sites (N-methyl/N-ethyl adjacent to an activating group) is 1. The topological polar surface area (TPSA) is 66.4 Å². The largest absolute Gasteiger partial charge is 0.345 e. The van der Waals surface area contributed by atoms with Crippen molar-refractivity contribution in [1.82, 2.24) is 19.8 Å². The number of pyridine rings is 1. The minimum atomic E-state index is -0.352. The van der Waals surface area contributed by atoms with Crippen molar-refractivity contribution in [2.24, 2.45) is 0 Å². The molecule has 0 saturated heterocycles. The van der Waals surface area contributed by atoms with E-state index in [1.54, 1.807) is 48.3 Å². The first-order valence-corrected chi connectivity index (χ1v) is 10.2. The molecule has 0 fully saturated rings. The normalized spacial score (nSPS) is 12.0. The Labute approximate surface area is 173 Å². The zero-order valence-electron chi connectivity index (χ0n) is 16.6. The lowest BCUT2D eigenvalue weighted by Crippen LogP contribution is -2.34. The molecule has 0 aliphatic heterocycles. The van der Waals surface area contributed by atoms with Crippen LogP contribution in [-0.4, -0.2) is 58.8 Å². The van der Waals surface area contributed by atoms with Crippen molar-refractivity contribution in [3.05, 3.63) is 59.0 Å². The van der Waals surface area contributed by atoms with Gasteiger partial charge in [0.25, 0.3) is 5.91 Å². The third-order valence-corrected chi connectivity index (χ3v) is 5.77. The first-order valence-electron chi connectivity index (χ1n) is 9.34. The monoisotopic (exact) mass is 414 g/mol. The maximum Gasteiger partial charge on any atom is 0.282 e. The highest BCUT2D eigenvalue weighted by atomic mass is 32.1. The summed E-state index contributed by atoms with van der Waals surface area (Å²) in [6, 6.07) is 9.60. The highest BCUT2D eigenvalue weighted by molar-refractivity contribution is 7.19. The summed E-state index contributed by atoms with van der Waals surface area (Å²) in [5, 5.41) is 0.413. The Morgan fingerprint density at radius 2 is 1.79 bits per heavy atom. The van der Waals surface area contributed by atoms with E-state index >= 15 is 0 Å². The molecule has 0 saturated carbocycles. The summed E-state index contributed by atoms with van der Waals surface area (Å²) in [6.07, 6.45) is 2.32. The van der Waals surface area contributed by atoms with E-state index < -0.39 is 0 Å². The Bertz CT molecular complexity index is 972. The lowest BCUT2D eigenvalue weighted by molar-refractivity contribution is -0.131. The Morgan fingerprint density at radius 3 is 2.48 bits per heavy atom. The summed E-state index contributed by atoms with van der Waals surface area (Å²) < 4.78 is 13.1. The number of halogens is 1. The fourth-order valence-electron chi connectivity index (χ4n) is 3.01. The Hall–Kier alpha value is -2.87. The number of hydrogen-bond acceptors (Lipinski definition) is 5. The number of hydrogen-bond donors (Lipinski definition) is 0. The van der Waals surface area contributed by atoms with Gasteiger partial charge >= 0.3 is 0 Å². The number of aromatic nitrogens is 2. The van der Waals surface area contributed by atoms with Gasteiger partial charge in [-0.05, 0) is 43.2 Å². The molecule has 0 aliphatic rings. The zero-order valence-corrected chi connectivity index (χ0v) is 17.4. The van der Waals surface area contributed by atoms with Crippen molar-refractivity contribution in [2.45, 2.75) is 19.3 Å². The van der Waals surface area contributed by atoms with Crippen LogP contribution < -0.4 is 0 Å². The first kappa shape index (κ1) is 20.9. The number of benzene rings is 1. The van der Waals surface area contributed by atoms with Crippen molar-refractivity contribution in [3.63, 3.8) is 0 Å². The second-order valence-corrected chi connectivity index (χ2v) is 7.94. The zero-order chi connectivity index (χ0) is 21.0. The van der Waals surface area contributed by atoms with Crippen molar-refractivity contribution in [1.29, 1.82) is 0 Å². The molecule has 2 heterocycles. The number of carbonyl (C=O) groups excluding carboxylic acids is 2. The summed E-state index contributed by atoms with van der Waals surface area (Å²) in [4.78, 5) is 37.7. The maximum atomic E-state index is 13.1. The molecular formula is C21H23FN4O2S. The molecule has 1 aromatic carbocycles. The number of carbonyl (C=O) groups is 2. The summed E-state index contributed by atoms with van der Waals surface area (Å²) >= 11 is 1.28.